The summed E-state index contributed by atoms with van der Waals surface area (Å²) in [4.78, 5) is 50.4. The minimum atomic E-state index is -1.28. The average Bonchev–Trinajstić information content (AvgIpc) is 2.90. The fraction of sp³-hybridized carbons (Fsp3) is 0.739. The third-order valence-electron chi connectivity index (χ3n) is 6.28. The third-order valence-corrected chi connectivity index (χ3v) is 6.28. The number of allylic oxidation sites excluding steroid dienone is 1. The van der Waals surface area contributed by atoms with Crippen molar-refractivity contribution in [1.29, 1.82) is 0 Å². The summed E-state index contributed by atoms with van der Waals surface area (Å²) in [6.45, 7) is 7.41. The number of ether oxygens (including phenoxy) is 1. The number of hydrogen-bond acceptors (Lipinski definition) is 5. The molecule has 0 aromatic heterocycles. The van der Waals surface area contributed by atoms with Gasteiger partial charge in [-0.2, -0.15) is 0 Å². The van der Waals surface area contributed by atoms with Crippen LogP contribution >= 0.6 is 0 Å². The van der Waals surface area contributed by atoms with Gasteiger partial charge in [0.05, 0.1) is 0 Å². The Morgan fingerprint density at radius 3 is 2.36 bits per heavy atom. The van der Waals surface area contributed by atoms with E-state index < -0.39 is 23.4 Å². The molecule has 0 bridgehead atoms. The molecule has 1 fully saturated rings. The average molecular weight is 391 g/mol. The van der Waals surface area contributed by atoms with Crippen LogP contribution in [0.15, 0.2) is 11.1 Å². The van der Waals surface area contributed by atoms with Crippen molar-refractivity contribution >= 4 is 23.3 Å². The molecule has 5 nitrogen and oxygen atoms in total. The Labute approximate surface area is 168 Å². The van der Waals surface area contributed by atoms with Gasteiger partial charge >= 0.3 is 5.97 Å². The van der Waals surface area contributed by atoms with E-state index >= 15 is 0 Å². The molecule has 0 amide bonds. The van der Waals surface area contributed by atoms with Gasteiger partial charge in [-0.25, -0.2) is 0 Å². The van der Waals surface area contributed by atoms with Crippen LogP contribution in [0.25, 0.3) is 0 Å². The molecule has 0 saturated carbocycles. The fourth-order valence-corrected chi connectivity index (χ4v) is 4.53. The summed E-state index contributed by atoms with van der Waals surface area (Å²) in [7, 11) is 0. The zero-order valence-corrected chi connectivity index (χ0v) is 17.8. The van der Waals surface area contributed by atoms with Gasteiger partial charge in [0.25, 0.3) is 0 Å². The van der Waals surface area contributed by atoms with Crippen molar-refractivity contribution in [2.45, 2.75) is 97.5 Å². The first-order valence-electron chi connectivity index (χ1n) is 10.8. The van der Waals surface area contributed by atoms with Crippen molar-refractivity contribution in [1.82, 2.24) is 0 Å². The second-order valence-electron chi connectivity index (χ2n) is 8.47. The zero-order valence-electron chi connectivity index (χ0n) is 17.8. The van der Waals surface area contributed by atoms with Crippen LogP contribution < -0.4 is 0 Å². The summed E-state index contributed by atoms with van der Waals surface area (Å²) in [6.07, 6.45) is 7.32. The van der Waals surface area contributed by atoms with Gasteiger partial charge < -0.3 is 4.74 Å². The number of Topliss-reactive ketones (excluding diaryl/α,β-unsaturated/α-hetero) is 3. The lowest BCUT2D eigenvalue weighted by Gasteiger charge is -2.35. The molecule has 0 aromatic carbocycles. The van der Waals surface area contributed by atoms with E-state index in [2.05, 4.69) is 6.92 Å². The minimum absolute atomic E-state index is 0.0947. The Balaban J connectivity index is 2.14. The van der Waals surface area contributed by atoms with Gasteiger partial charge in [-0.3, -0.25) is 19.2 Å². The quantitative estimate of drug-likeness (QED) is 0.295. The van der Waals surface area contributed by atoms with Gasteiger partial charge in [0.15, 0.2) is 5.60 Å². The maximum Gasteiger partial charge on any atom is 0.317 e. The summed E-state index contributed by atoms with van der Waals surface area (Å²) in [6, 6.07) is 0. The Bertz CT molecular complexity index is 674. The van der Waals surface area contributed by atoms with Crippen molar-refractivity contribution in [3.63, 3.8) is 0 Å². The number of fused-ring (bicyclic) bond motifs is 1. The molecule has 1 aliphatic heterocycles. The molecule has 2 aliphatic rings. The van der Waals surface area contributed by atoms with Crippen molar-refractivity contribution in [3.05, 3.63) is 11.1 Å². The highest BCUT2D eigenvalue weighted by molar-refractivity contribution is 6.10. The largest absolute Gasteiger partial charge is 0.450 e. The predicted octanol–water partition coefficient (Wildman–Crippen LogP) is 4.51. The van der Waals surface area contributed by atoms with Crippen LogP contribution in [0.5, 0.6) is 0 Å². The molecule has 5 heteroatoms. The fourth-order valence-electron chi connectivity index (χ4n) is 4.53. The third kappa shape index (κ3) is 4.61. The zero-order chi connectivity index (χ0) is 20.9. The molecular weight excluding hydrogens is 356 g/mol. The van der Waals surface area contributed by atoms with E-state index in [-0.39, 0.29) is 23.8 Å². The van der Waals surface area contributed by atoms with E-state index in [1.54, 1.807) is 13.8 Å². The van der Waals surface area contributed by atoms with E-state index in [9.17, 15) is 19.2 Å². The second kappa shape index (κ2) is 9.62. The molecule has 2 rings (SSSR count). The molecule has 0 radical (unpaired) electrons. The van der Waals surface area contributed by atoms with Crippen molar-refractivity contribution < 1.29 is 23.9 Å². The molecule has 156 valence electrons. The number of hydrogen-bond donors (Lipinski definition) is 0. The van der Waals surface area contributed by atoms with Gasteiger partial charge in [0.1, 0.15) is 17.5 Å². The van der Waals surface area contributed by atoms with E-state index in [0.717, 1.165) is 44.1 Å². The van der Waals surface area contributed by atoms with Crippen LogP contribution in [-0.4, -0.2) is 28.9 Å². The van der Waals surface area contributed by atoms with Gasteiger partial charge in [-0.1, -0.05) is 45.1 Å². The molecule has 0 N–H and O–H groups in total. The molecule has 1 aliphatic carbocycles. The Morgan fingerprint density at radius 2 is 1.71 bits per heavy atom. The molecular formula is C23H34O5. The van der Waals surface area contributed by atoms with E-state index in [0.29, 0.717) is 24.8 Å². The predicted molar refractivity (Wildman–Crippen MR) is 107 cm³/mol. The van der Waals surface area contributed by atoms with Crippen LogP contribution in [0, 0.1) is 11.8 Å². The first kappa shape index (κ1) is 22.5. The van der Waals surface area contributed by atoms with Crippen LogP contribution in [0.1, 0.15) is 91.9 Å². The van der Waals surface area contributed by atoms with Gasteiger partial charge in [-0.15, -0.1) is 0 Å². The molecule has 0 unspecified atom stereocenters. The number of rotatable bonds is 11. The maximum absolute atomic E-state index is 13.0. The highest BCUT2D eigenvalue weighted by atomic mass is 16.6. The Kier molecular flexibility index (Phi) is 7.73. The SMILES string of the molecule is CCCCCCCC(=O)[C@@H]1C(=O)O[C@]2(C)C(=O)C(C)=C(CC(=O)CCC)C[C@H]12. The van der Waals surface area contributed by atoms with Gasteiger partial charge in [0.2, 0.25) is 5.78 Å². The van der Waals surface area contributed by atoms with Crippen LogP contribution in [-0.2, 0) is 23.9 Å². The number of unbranched alkanes of at least 4 members (excludes halogenated alkanes) is 4. The first-order chi connectivity index (χ1) is 13.3. The van der Waals surface area contributed by atoms with Gasteiger partial charge in [0, 0.05) is 25.2 Å². The smallest absolute Gasteiger partial charge is 0.317 e. The van der Waals surface area contributed by atoms with Crippen LogP contribution in [0.3, 0.4) is 0 Å². The Hall–Kier alpha value is -1.78. The van der Waals surface area contributed by atoms with Crippen molar-refractivity contribution in [3.8, 4) is 0 Å². The van der Waals surface area contributed by atoms with E-state index in [4.69, 9.17) is 4.74 Å². The second-order valence-corrected chi connectivity index (χ2v) is 8.47. The lowest BCUT2D eigenvalue weighted by atomic mass is 9.67. The summed E-state index contributed by atoms with van der Waals surface area (Å²) < 4.78 is 5.49. The minimum Gasteiger partial charge on any atom is -0.450 e. The van der Waals surface area contributed by atoms with Crippen molar-refractivity contribution in [2.24, 2.45) is 11.8 Å². The number of carbonyl (C=O) groups excluding carboxylic acids is 4. The number of esters is 1. The standard InChI is InChI=1S/C23H34O5/c1-5-7-8-9-10-12-19(25)20-18-14-16(13-17(24)11-6-2)15(3)21(26)23(18,4)28-22(20)27/h18,20H,5-14H2,1-4H3/t18-,20-,23+/m1/s1. The molecule has 0 spiro atoms. The molecule has 1 saturated heterocycles. The topological polar surface area (TPSA) is 77.5 Å². The normalized spacial score (nSPS) is 27.0. The van der Waals surface area contributed by atoms with Gasteiger partial charge in [-0.05, 0) is 38.7 Å². The molecule has 28 heavy (non-hydrogen) atoms. The summed E-state index contributed by atoms with van der Waals surface area (Å²) in [5.74, 6) is -2.24. The summed E-state index contributed by atoms with van der Waals surface area (Å²) in [5, 5.41) is 0. The van der Waals surface area contributed by atoms with Crippen LogP contribution in [0.4, 0.5) is 0 Å². The van der Waals surface area contributed by atoms with E-state index in [1.807, 2.05) is 6.92 Å². The lowest BCUT2D eigenvalue weighted by molar-refractivity contribution is -0.157. The number of ketones is 3. The monoisotopic (exact) mass is 390 g/mol. The highest BCUT2D eigenvalue weighted by Crippen LogP contribution is 2.48. The number of carbonyl (C=O) groups is 4. The summed E-state index contributed by atoms with van der Waals surface area (Å²) >= 11 is 0. The van der Waals surface area contributed by atoms with E-state index in [1.165, 1.54) is 0 Å². The highest BCUT2D eigenvalue weighted by Gasteiger charge is 2.61. The maximum atomic E-state index is 13.0. The first-order valence-corrected chi connectivity index (χ1v) is 10.8. The molecule has 3 atom stereocenters. The Morgan fingerprint density at radius 1 is 1.04 bits per heavy atom. The van der Waals surface area contributed by atoms with Crippen LogP contribution in [0.2, 0.25) is 0 Å². The molecule has 1 heterocycles. The summed E-state index contributed by atoms with van der Waals surface area (Å²) in [5.41, 5.74) is 0.00900. The molecule has 0 aromatic rings. The van der Waals surface area contributed by atoms with Crippen molar-refractivity contribution in [2.75, 3.05) is 0 Å². The lowest BCUT2D eigenvalue weighted by Crippen LogP contribution is -2.47.